The van der Waals surface area contributed by atoms with Crippen molar-refractivity contribution in [2.24, 2.45) is 0 Å². The fraction of sp³-hybridized carbons (Fsp3) is 0.500. The van der Waals surface area contributed by atoms with E-state index in [-0.39, 0.29) is 53.1 Å². The molecule has 0 bridgehead atoms. The summed E-state index contributed by atoms with van der Waals surface area (Å²) in [6.07, 6.45) is -1.26. The quantitative estimate of drug-likeness (QED) is 0.149. The number of anilines is 1. The number of phosphoric ester groups is 1. The van der Waals surface area contributed by atoms with E-state index in [1.54, 1.807) is 0 Å². The molecule has 0 aliphatic carbocycles. The Hall–Kier alpha value is -0.820. The van der Waals surface area contributed by atoms with Gasteiger partial charge in [0.05, 0.1) is 19.0 Å². The minimum absolute atomic E-state index is 0. The molecule has 24 heavy (non-hydrogen) atoms. The number of rotatable bonds is 4. The Morgan fingerprint density at radius 1 is 1.54 bits per heavy atom. The Labute approximate surface area is 156 Å². The van der Waals surface area contributed by atoms with Crippen LogP contribution >= 0.6 is 7.82 Å². The van der Waals surface area contributed by atoms with Gasteiger partial charge in [0.1, 0.15) is 12.3 Å². The molecular formula is C10H14N5NaO7P+. The Bertz CT molecular complexity index is 835. The number of nitrogens with zero attached hydrogens (tertiary/aromatic N) is 3. The van der Waals surface area contributed by atoms with Gasteiger partial charge in [-0.3, -0.25) is 18.9 Å². The van der Waals surface area contributed by atoms with Crippen molar-refractivity contribution in [2.45, 2.75) is 24.9 Å². The molecule has 1 saturated heterocycles. The molecule has 0 radical (unpaired) electrons. The number of ether oxygens (including phenoxy) is 1. The molecule has 14 heteroatoms. The molecule has 3 heterocycles. The van der Waals surface area contributed by atoms with Crippen LogP contribution in [0.3, 0.4) is 0 Å². The van der Waals surface area contributed by atoms with Gasteiger partial charge < -0.3 is 25.4 Å². The van der Waals surface area contributed by atoms with Crippen molar-refractivity contribution >= 4 is 24.9 Å². The molecule has 1 aliphatic rings. The van der Waals surface area contributed by atoms with E-state index in [4.69, 9.17) is 20.3 Å². The summed E-state index contributed by atoms with van der Waals surface area (Å²) in [7, 11) is -4.66. The Kier molecular flexibility index (Phi) is 5.85. The molecule has 0 aromatic carbocycles. The fourth-order valence-electron chi connectivity index (χ4n) is 2.36. The van der Waals surface area contributed by atoms with Gasteiger partial charge in [-0.25, -0.2) is 9.55 Å². The van der Waals surface area contributed by atoms with Crippen LogP contribution in [-0.4, -0.2) is 53.2 Å². The maximum Gasteiger partial charge on any atom is 1.00 e. The van der Waals surface area contributed by atoms with Crippen molar-refractivity contribution in [3.05, 3.63) is 16.7 Å². The Morgan fingerprint density at radius 3 is 2.92 bits per heavy atom. The summed E-state index contributed by atoms with van der Waals surface area (Å²) in [5, 5.41) is 9.93. The Balaban J connectivity index is 0.00000208. The maximum absolute atomic E-state index is 11.7. The van der Waals surface area contributed by atoms with E-state index in [0.717, 1.165) is 0 Å². The van der Waals surface area contributed by atoms with Gasteiger partial charge in [0, 0.05) is 6.42 Å². The van der Waals surface area contributed by atoms with Crippen molar-refractivity contribution in [2.75, 3.05) is 12.3 Å². The second kappa shape index (κ2) is 7.20. The molecule has 0 unspecified atom stereocenters. The van der Waals surface area contributed by atoms with Crippen LogP contribution in [0.15, 0.2) is 11.1 Å². The van der Waals surface area contributed by atoms with Gasteiger partial charge in [-0.2, -0.15) is 4.98 Å². The van der Waals surface area contributed by atoms with Gasteiger partial charge in [0.15, 0.2) is 11.2 Å². The van der Waals surface area contributed by atoms with Crippen LogP contribution in [0.25, 0.3) is 11.2 Å². The van der Waals surface area contributed by atoms with E-state index in [0.29, 0.717) is 0 Å². The van der Waals surface area contributed by atoms with Crippen LogP contribution in [0.2, 0.25) is 0 Å². The zero-order valence-electron chi connectivity index (χ0n) is 12.6. The first kappa shape index (κ1) is 19.5. The standard InChI is InChI=1S/C10H14N5O7P.Na/c11-10-13-8-7(9(17)14-10)12-3-15(8)6-1-4(16)5(22-6)2-21-23(18,19)20;/h3-6,16H,1-2H2,(H2,18,19,20)(H3,11,13,14,17);/q;+1/t4-,5+,6+;/m0./s1/i1+1,2+1,3+1,4+1,5+1,6+1,7+1,8+1,9+1,10+1,11+1,12+1,13+1,14+1,15+1;. The summed E-state index contributed by atoms with van der Waals surface area (Å²) in [5.41, 5.74) is 5.23. The molecule has 3 rings (SSSR count). The second-order valence-electron chi connectivity index (χ2n) is 4.99. The third-order valence-electron chi connectivity index (χ3n) is 3.37. The molecule has 1 fully saturated rings. The van der Waals surface area contributed by atoms with E-state index in [2.05, 4.69) is 19.5 Å². The summed E-state index contributed by atoms with van der Waals surface area (Å²) >= 11 is 0. The molecule has 2 aromatic heterocycles. The average molecular weight is 385 g/mol. The summed E-state index contributed by atoms with van der Waals surface area (Å²) in [4.78, 5) is 39.3. The minimum atomic E-state index is -4.66. The number of aliphatic hydroxyl groups excluding tert-OH is 1. The van der Waals surface area contributed by atoms with Gasteiger partial charge in [0.25, 0.3) is 5.56 Å². The molecule has 0 spiro atoms. The second-order valence-corrected chi connectivity index (χ2v) is 6.23. The molecule has 0 saturated carbocycles. The zero-order chi connectivity index (χ0) is 16.8. The predicted molar refractivity (Wildman–Crippen MR) is 75.1 cm³/mol. The van der Waals surface area contributed by atoms with Crippen molar-refractivity contribution in [1.29, 1.82) is 0 Å². The number of hydrogen-bond acceptors (Lipinski definition) is 8. The summed E-state index contributed by atoms with van der Waals surface area (Å²) in [6, 6.07) is 0. The monoisotopic (exact) mass is 385 g/mol. The number of H-pyrrole nitrogens is 1. The van der Waals surface area contributed by atoms with Gasteiger partial charge >= 0.3 is 37.4 Å². The number of hydrogen-bond donors (Lipinski definition) is 5. The van der Waals surface area contributed by atoms with Crippen LogP contribution < -0.4 is 40.9 Å². The number of imidazole rings is 1. The molecule has 1 aliphatic heterocycles. The smallest absolute Gasteiger partial charge is 0.390 e. The third kappa shape index (κ3) is 4.04. The fourth-order valence-corrected chi connectivity index (χ4v) is 2.70. The van der Waals surface area contributed by atoms with E-state index in [9.17, 15) is 14.5 Å². The number of nitrogens with one attached hydrogen (secondary N) is 1. The average Bonchev–Trinajstić information content (AvgIpc) is 2.99. The van der Waals surface area contributed by atoms with Crippen LogP contribution in [0.4, 0.5) is 5.95 Å². The number of aromatic amines is 1. The molecular weight excluding hydrogens is 371 g/mol. The largest absolute Gasteiger partial charge is 1.00 e. The van der Waals surface area contributed by atoms with Gasteiger partial charge in [-0.1, -0.05) is 0 Å². The molecule has 6 N–H and O–H groups in total. The number of aromatic nitrogens is 4. The van der Waals surface area contributed by atoms with E-state index < -0.39 is 38.4 Å². The maximum atomic E-state index is 11.7. The number of nitrogens with two attached hydrogens (primary N) is 1. The predicted octanol–water partition coefficient (Wildman–Crippen LogP) is -4.54. The van der Waals surface area contributed by atoms with Gasteiger partial charge in [-0.15, -0.1) is 0 Å². The topological polar surface area (TPSA) is 186 Å². The van der Waals surface area contributed by atoms with Crippen molar-refractivity contribution < 1.29 is 58.3 Å². The third-order valence-corrected chi connectivity index (χ3v) is 3.86. The zero-order valence-corrected chi connectivity index (χ0v) is 15.5. The summed E-state index contributed by atoms with van der Waals surface area (Å²) in [5.74, 6) is -0.0934. The SMILES string of the molecule is [15NH2][13c]1[15n][13c]2[13c]([15n][13cH][15n]2[13C@H]2[13CH2][13C@H](O)[13C@@H]([13CH2]OP(=O)(O)O)O2)[13c](=O)[15nH]1.[Na+]. The minimum Gasteiger partial charge on any atom is -0.390 e. The number of phosphoric acid groups is 1. The van der Waals surface area contributed by atoms with E-state index >= 15 is 0 Å². The molecule has 12 nitrogen and oxygen atoms in total. The van der Waals surface area contributed by atoms with Crippen LogP contribution in [0, 0.1) is 0 Å². The molecule has 0 amide bonds. The van der Waals surface area contributed by atoms with Crippen molar-refractivity contribution in [3.8, 4) is 0 Å². The van der Waals surface area contributed by atoms with Crippen LogP contribution in [0.1, 0.15) is 12.6 Å². The van der Waals surface area contributed by atoms with Gasteiger partial charge in [-0.05, 0) is 0 Å². The Morgan fingerprint density at radius 2 is 2.25 bits per heavy atom. The first-order valence-corrected chi connectivity index (χ1v) is 8.03. The molecule has 3 atom stereocenters. The number of aliphatic hydroxyl groups is 1. The molecule has 126 valence electrons. The molecule has 2 aromatic rings. The van der Waals surface area contributed by atoms with E-state index in [1.807, 2.05) is 0 Å². The summed E-state index contributed by atoms with van der Waals surface area (Å²) < 4.78 is 22.0. The van der Waals surface area contributed by atoms with Crippen molar-refractivity contribution in [1.82, 2.24) is 19.5 Å². The van der Waals surface area contributed by atoms with Crippen molar-refractivity contribution in [3.63, 3.8) is 0 Å². The van der Waals surface area contributed by atoms with Crippen LogP contribution in [-0.2, 0) is 13.8 Å². The first-order chi connectivity index (χ1) is 10.7. The van der Waals surface area contributed by atoms with E-state index in [1.165, 1.54) is 10.9 Å². The number of nitrogen functional groups attached to an aromatic ring is 1. The summed E-state index contributed by atoms with van der Waals surface area (Å²) in [6.45, 7) is -0.481. The van der Waals surface area contributed by atoms with Crippen LogP contribution in [0.5, 0.6) is 0 Å². The number of fused-ring (bicyclic) bond motifs is 1. The van der Waals surface area contributed by atoms with Gasteiger partial charge in [0.2, 0.25) is 5.95 Å². The normalized spacial score (nSPS) is 24.2. The first-order valence-electron chi connectivity index (χ1n) is 6.50.